The summed E-state index contributed by atoms with van der Waals surface area (Å²) in [6, 6.07) is 7.94. The molecule has 3 rings (SSSR count). The second-order valence-electron chi connectivity index (χ2n) is 4.21. The largest absolute Gasteiger partial charge is 0.496 e. The van der Waals surface area contributed by atoms with E-state index in [1.165, 1.54) is 0 Å². The monoisotopic (exact) mass is 307 g/mol. The molecule has 1 aromatic heterocycles. The maximum atomic E-state index is 5.40. The normalized spacial score (nSPS) is 13.9. The van der Waals surface area contributed by atoms with Crippen molar-refractivity contribution in [3.05, 3.63) is 28.9 Å². The van der Waals surface area contributed by atoms with E-state index >= 15 is 0 Å². The molecule has 0 fully saturated rings. The smallest absolute Gasteiger partial charge is 0.204 e. The summed E-state index contributed by atoms with van der Waals surface area (Å²) in [7, 11) is 1.68. The predicted molar refractivity (Wildman–Crippen MR) is 75.0 cm³/mol. The lowest BCUT2D eigenvalue weighted by atomic mass is 10.1. The predicted octanol–water partition coefficient (Wildman–Crippen LogP) is 3.14. The number of para-hydroxylation sites is 1. The summed E-state index contributed by atoms with van der Waals surface area (Å²) < 4.78 is 8.56. The molecule has 1 aromatic carbocycles. The number of fused-ring (bicyclic) bond motifs is 1. The van der Waals surface area contributed by atoms with Gasteiger partial charge in [-0.3, -0.25) is 0 Å². The number of aromatic nitrogens is 2. The Hall–Kier alpha value is -1.49. The minimum Gasteiger partial charge on any atom is -0.496 e. The minimum absolute atomic E-state index is 0.841. The van der Waals surface area contributed by atoms with Gasteiger partial charge in [0, 0.05) is 18.7 Å². The maximum absolute atomic E-state index is 5.40. The molecule has 2 aromatic rings. The van der Waals surface area contributed by atoms with E-state index in [0.717, 1.165) is 47.1 Å². The van der Waals surface area contributed by atoms with E-state index < -0.39 is 0 Å². The van der Waals surface area contributed by atoms with Gasteiger partial charge in [0.05, 0.1) is 7.11 Å². The fraction of sp³-hybridized carbons (Fsp3) is 0.308. The Morgan fingerprint density at radius 3 is 3.00 bits per heavy atom. The zero-order valence-electron chi connectivity index (χ0n) is 10.1. The summed E-state index contributed by atoms with van der Waals surface area (Å²) in [5.74, 6) is 1.77. The Morgan fingerprint density at radius 2 is 2.22 bits per heavy atom. The molecule has 94 valence electrons. The van der Waals surface area contributed by atoms with E-state index in [-0.39, 0.29) is 0 Å². The number of benzene rings is 1. The maximum Gasteiger partial charge on any atom is 0.204 e. The highest BCUT2D eigenvalue weighted by atomic mass is 79.9. The molecule has 2 heterocycles. The molecule has 5 heteroatoms. The Labute approximate surface area is 114 Å². The quantitative estimate of drug-likeness (QED) is 0.926. The van der Waals surface area contributed by atoms with Crippen LogP contribution in [0.15, 0.2) is 28.9 Å². The van der Waals surface area contributed by atoms with Gasteiger partial charge in [-0.2, -0.15) is 0 Å². The van der Waals surface area contributed by atoms with Crippen molar-refractivity contribution in [3.8, 4) is 17.0 Å². The molecule has 0 radical (unpaired) electrons. The van der Waals surface area contributed by atoms with E-state index in [1.54, 1.807) is 7.11 Å². The van der Waals surface area contributed by atoms with E-state index in [0.29, 0.717) is 0 Å². The second kappa shape index (κ2) is 4.65. The highest BCUT2D eigenvalue weighted by Crippen LogP contribution is 2.36. The van der Waals surface area contributed by atoms with Gasteiger partial charge in [0.1, 0.15) is 16.0 Å². The van der Waals surface area contributed by atoms with Gasteiger partial charge in [-0.1, -0.05) is 12.1 Å². The molecule has 0 unspecified atom stereocenters. The number of hydrogen-bond acceptors (Lipinski definition) is 3. The van der Waals surface area contributed by atoms with E-state index in [1.807, 2.05) is 24.3 Å². The van der Waals surface area contributed by atoms with Gasteiger partial charge in [-0.25, -0.2) is 4.98 Å². The minimum atomic E-state index is 0.841. The van der Waals surface area contributed by atoms with Gasteiger partial charge in [0.25, 0.3) is 0 Å². The number of imidazole rings is 1. The van der Waals surface area contributed by atoms with Crippen LogP contribution in [0.5, 0.6) is 5.75 Å². The molecular formula is C13H14BrN3O. The van der Waals surface area contributed by atoms with Crippen LogP contribution in [-0.2, 0) is 6.54 Å². The molecule has 0 aliphatic carbocycles. The Morgan fingerprint density at radius 1 is 1.39 bits per heavy atom. The average Bonchev–Trinajstić information content (AvgIpc) is 2.76. The third kappa shape index (κ3) is 1.79. The van der Waals surface area contributed by atoms with E-state index in [9.17, 15) is 0 Å². The summed E-state index contributed by atoms with van der Waals surface area (Å²) in [4.78, 5) is 4.65. The standard InChI is InChI=1S/C13H14BrN3O/c1-18-10-6-3-2-5-9(10)11-12(14)17-8-4-7-15-13(17)16-11/h2-3,5-6H,4,7-8H2,1H3,(H,15,16). The SMILES string of the molecule is COc1ccccc1-c1nc2n(c1Br)CCCN2. The van der Waals surface area contributed by atoms with Crippen LogP contribution in [0.2, 0.25) is 0 Å². The number of hydrogen-bond donors (Lipinski definition) is 1. The third-order valence-electron chi connectivity index (χ3n) is 3.11. The van der Waals surface area contributed by atoms with Crippen LogP contribution in [0.1, 0.15) is 6.42 Å². The topological polar surface area (TPSA) is 39.1 Å². The number of ether oxygens (including phenoxy) is 1. The Balaban J connectivity index is 2.14. The fourth-order valence-corrected chi connectivity index (χ4v) is 2.87. The molecule has 1 N–H and O–H groups in total. The molecule has 4 nitrogen and oxygen atoms in total. The van der Waals surface area contributed by atoms with Crippen LogP contribution < -0.4 is 10.1 Å². The van der Waals surface area contributed by atoms with Crippen LogP contribution in [0.3, 0.4) is 0 Å². The summed E-state index contributed by atoms with van der Waals surface area (Å²) in [6.45, 7) is 1.97. The van der Waals surface area contributed by atoms with Gasteiger partial charge in [0.15, 0.2) is 0 Å². The van der Waals surface area contributed by atoms with Crippen molar-refractivity contribution in [2.75, 3.05) is 19.0 Å². The van der Waals surface area contributed by atoms with E-state index in [4.69, 9.17) is 4.74 Å². The van der Waals surface area contributed by atoms with Crippen LogP contribution in [0, 0.1) is 0 Å². The molecule has 0 bridgehead atoms. The summed E-state index contributed by atoms with van der Waals surface area (Å²) >= 11 is 3.64. The molecule has 0 saturated carbocycles. The number of nitrogens with zero attached hydrogens (tertiary/aromatic N) is 2. The van der Waals surface area contributed by atoms with Crippen LogP contribution in [0.4, 0.5) is 5.95 Å². The number of nitrogens with one attached hydrogen (secondary N) is 1. The summed E-state index contributed by atoms with van der Waals surface area (Å²) in [6.07, 6.45) is 1.12. The lowest BCUT2D eigenvalue weighted by Crippen LogP contribution is -2.17. The molecule has 18 heavy (non-hydrogen) atoms. The number of halogens is 1. The highest BCUT2D eigenvalue weighted by Gasteiger charge is 2.20. The molecule has 0 atom stereocenters. The van der Waals surface area contributed by atoms with Gasteiger partial charge in [0.2, 0.25) is 5.95 Å². The van der Waals surface area contributed by atoms with Crippen molar-refractivity contribution < 1.29 is 4.74 Å². The zero-order valence-corrected chi connectivity index (χ0v) is 11.7. The van der Waals surface area contributed by atoms with Gasteiger partial charge < -0.3 is 14.6 Å². The lowest BCUT2D eigenvalue weighted by Gasteiger charge is -2.15. The number of anilines is 1. The number of methoxy groups -OCH3 is 1. The fourth-order valence-electron chi connectivity index (χ4n) is 2.22. The highest BCUT2D eigenvalue weighted by molar-refractivity contribution is 9.10. The molecule has 0 spiro atoms. The first-order chi connectivity index (χ1) is 8.81. The summed E-state index contributed by atoms with van der Waals surface area (Å²) in [5.41, 5.74) is 1.94. The van der Waals surface area contributed by atoms with Gasteiger partial charge in [-0.05, 0) is 34.5 Å². The van der Waals surface area contributed by atoms with Crippen LogP contribution >= 0.6 is 15.9 Å². The average molecular weight is 308 g/mol. The van der Waals surface area contributed by atoms with Gasteiger partial charge in [-0.15, -0.1) is 0 Å². The Bertz CT molecular complexity index is 580. The van der Waals surface area contributed by atoms with Crippen molar-refractivity contribution in [2.45, 2.75) is 13.0 Å². The molecule has 1 aliphatic rings. The molecule has 0 amide bonds. The van der Waals surface area contributed by atoms with Crippen molar-refractivity contribution in [1.82, 2.24) is 9.55 Å². The first-order valence-electron chi connectivity index (χ1n) is 5.94. The molecular weight excluding hydrogens is 294 g/mol. The van der Waals surface area contributed by atoms with E-state index in [2.05, 4.69) is 30.8 Å². The zero-order chi connectivity index (χ0) is 12.5. The number of rotatable bonds is 2. The molecule has 1 aliphatic heterocycles. The van der Waals surface area contributed by atoms with Gasteiger partial charge >= 0.3 is 0 Å². The molecule has 0 saturated heterocycles. The summed E-state index contributed by atoms with van der Waals surface area (Å²) in [5, 5.41) is 3.31. The third-order valence-corrected chi connectivity index (χ3v) is 3.91. The Kier molecular flexibility index (Phi) is 2.99. The van der Waals surface area contributed by atoms with Crippen molar-refractivity contribution in [1.29, 1.82) is 0 Å². The lowest BCUT2D eigenvalue weighted by molar-refractivity contribution is 0.416. The van der Waals surface area contributed by atoms with Crippen molar-refractivity contribution >= 4 is 21.9 Å². The van der Waals surface area contributed by atoms with Crippen LogP contribution in [0.25, 0.3) is 11.3 Å². The van der Waals surface area contributed by atoms with Crippen LogP contribution in [-0.4, -0.2) is 23.2 Å². The second-order valence-corrected chi connectivity index (χ2v) is 4.96. The first-order valence-corrected chi connectivity index (χ1v) is 6.74. The first kappa shape index (κ1) is 11.6. The van der Waals surface area contributed by atoms with Crippen molar-refractivity contribution in [2.24, 2.45) is 0 Å². The van der Waals surface area contributed by atoms with Crippen molar-refractivity contribution in [3.63, 3.8) is 0 Å².